The minimum absolute atomic E-state index is 0.0930. The lowest BCUT2D eigenvalue weighted by atomic mass is 10.0. The number of nitrogens with one attached hydrogen (secondary N) is 1. The second-order valence-electron chi connectivity index (χ2n) is 6.29. The maximum Gasteiger partial charge on any atom is 0.270 e. The van der Waals surface area contributed by atoms with E-state index >= 15 is 0 Å². The summed E-state index contributed by atoms with van der Waals surface area (Å²) in [5.41, 5.74) is 2.98. The molecule has 1 aromatic carbocycles. The number of benzene rings is 1. The van der Waals surface area contributed by atoms with E-state index in [9.17, 15) is 4.79 Å². The van der Waals surface area contributed by atoms with Crippen LogP contribution in [0.2, 0.25) is 0 Å². The molecule has 2 aliphatic rings. The SMILES string of the molecule is Cc1nc(C(=O)NC2CC2)cc(N2CCCc3ccccc32)n1. The van der Waals surface area contributed by atoms with E-state index in [1.165, 1.54) is 11.3 Å². The van der Waals surface area contributed by atoms with E-state index in [1.54, 1.807) is 0 Å². The average Bonchev–Trinajstić information content (AvgIpc) is 3.37. The number of carbonyl (C=O) groups is 1. The molecule has 5 nitrogen and oxygen atoms in total. The summed E-state index contributed by atoms with van der Waals surface area (Å²) in [6.45, 7) is 2.75. The van der Waals surface area contributed by atoms with E-state index in [0.29, 0.717) is 17.6 Å². The Balaban J connectivity index is 1.69. The first kappa shape index (κ1) is 14.2. The van der Waals surface area contributed by atoms with Crippen molar-refractivity contribution >= 4 is 17.4 Å². The Morgan fingerprint density at radius 2 is 2.09 bits per heavy atom. The van der Waals surface area contributed by atoms with Crippen molar-refractivity contribution in [1.82, 2.24) is 15.3 Å². The minimum atomic E-state index is -0.0930. The highest BCUT2D eigenvalue weighted by molar-refractivity contribution is 5.93. The lowest BCUT2D eigenvalue weighted by Crippen LogP contribution is -2.29. The summed E-state index contributed by atoms with van der Waals surface area (Å²) in [4.78, 5) is 23.4. The monoisotopic (exact) mass is 308 g/mol. The van der Waals surface area contributed by atoms with Gasteiger partial charge in [-0.15, -0.1) is 0 Å². The van der Waals surface area contributed by atoms with Gasteiger partial charge in [0.2, 0.25) is 0 Å². The Kier molecular flexibility index (Phi) is 3.48. The second kappa shape index (κ2) is 5.65. The van der Waals surface area contributed by atoms with Crippen LogP contribution in [-0.2, 0) is 6.42 Å². The molecule has 118 valence electrons. The molecule has 1 fully saturated rings. The van der Waals surface area contributed by atoms with Crippen LogP contribution in [-0.4, -0.2) is 28.5 Å². The van der Waals surface area contributed by atoms with Crippen molar-refractivity contribution in [2.75, 3.05) is 11.4 Å². The Bertz CT molecular complexity index is 754. The van der Waals surface area contributed by atoms with E-state index in [2.05, 4.69) is 38.4 Å². The molecule has 4 rings (SSSR count). The van der Waals surface area contributed by atoms with Crippen molar-refractivity contribution in [3.05, 3.63) is 47.4 Å². The average molecular weight is 308 g/mol. The highest BCUT2D eigenvalue weighted by atomic mass is 16.2. The topological polar surface area (TPSA) is 58.1 Å². The smallest absolute Gasteiger partial charge is 0.270 e. The lowest BCUT2D eigenvalue weighted by molar-refractivity contribution is 0.0945. The van der Waals surface area contributed by atoms with Gasteiger partial charge in [-0.2, -0.15) is 0 Å². The molecule has 0 atom stereocenters. The molecular formula is C18H20N4O. The number of carbonyl (C=O) groups excluding carboxylic acids is 1. The first-order valence-electron chi connectivity index (χ1n) is 8.23. The van der Waals surface area contributed by atoms with Crippen molar-refractivity contribution in [3.8, 4) is 0 Å². The number of fused-ring (bicyclic) bond motifs is 1. The van der Waals surface area contributed by atoms with Gasteiger partial charge < -0.3 is 10.2 Å². The van der Waals surface area contributed by atoms with Crippen molar-refractivity contribution in [3.63, 3.8) is 0 Å². The Hall–Kier alpha value is -2.43. The van der Waals surface area contributed by atoms with E-state index < -0.39 is 0 Å². The number of rotatable bonds is 3. The molecule has 2 aromatic rings. The van der Waals surface area contributed by atoms with Crippen LogP contribution in [0.3, 0.4) is 0 Å². The second-order valence-corrected chi connectivity index (χ2v) is 6.29. The van der Waals surface area contributed by atoms with Gasteiger partial charge in [0.1, 0.15) is 17.3 Å². The van der Waals surface area contributed by atoms with Crippen LogP contribution in [0, 0.1) is 6.92 Å². The zero-order chi connectivity index (χ0) is 15.8. The van der Waals surface area contributed by atoms with Crippen LogP contribution in [0.25, 0.3) is 0 Å². The largest absolute Gasteiger partial charge is 0.348 e. The molecule has 1 amide bonds. The summed E-state index contributed by atoms with van der Waals surface area (Å²) in [7, 11) is 0. The van der Waals surface area contributed by atoms with E-state index in [1.807, 2.05) is 19.1 Å². The fraction of sp³-hybridized carbons (Fsp3) is 0.389. The van der Waals surface area contributed by atoms with Crippen LogP contribution in [0.5, 0.6) is 0 Å². The quantitative estimate of drug-likeness (QED) is 0.947. The van der Waals surface area contributed by atoms with E-state index in [0.717, 1.165) is 38.0 Å². The van der Waals surface area contributed by atoms with Crippen molar-refractivity contribution in [2.24, 2.45) is 0 Å². The normalized spacial score (nSPS) is 16.8. The summed E-state index contributed by atoms with van der Waals surface area (Å²) >= 11 is 0. The standard InChI is InChI=1S/C18H20N4O/c1-12-19-15(18(23)21-14-8-9-14)11-17(20-12)22-10-4-6-13-5-2-3-7-16(13)22/h2-3,5,7,11,14H,4,6,8-10H2,1H3,(H,21,23). The number of amides is 1. The minimum Gasteiger partial charge on any atom is -0.348 e. The third kappa shape index (κ3) is 2.91. The molecule has 0 radical (unpaired) electrons. The van der Waals surface area contributed by atoms with Crippen molar-refractivity contribution < 1.29 is 4.79 Å². The van der Waals surface area contributed by atoms with Gasteiger partial charge in [-0.25, -0.2) is 9.97 Å². The maximum absolute atomic E-state index is 12.3. The van der Waals surface area contributed by atoms with Gasteiger partial charge in [-0.05, 0) is 44.2 Å². The zero-order valence-electron chi connectivity index (χ0n) is 13.2. The Morgan fingerprint density at radius 1 is 1.26 bits per heavy atom. The van der Waals surface area contributed by atoms with Gasteiger partial charge in [0.25, 0.3) is 5.91 Å². The summed E-state index contributed by atoms with van der Waals surface area (Å²) in [6, 6.07) is 10.5. The number of hydrogen-bond donors (Lipinski definition) is 1. The van der Waals surface area contributed by atoms with Crippen LogP contribution in [0.4, 0.5) is 11.5 Å². The molecule has 1 saturated carbocycles. The summed E-state index contributed by atoms with van der Waals surface area (Å²) < 4.78 is 0. The maximum atomic E-state index is 12.3. The lowest BCUT2D eigenvalue weighted by Gasteiger charge is -2.30. The molecule has 0 saturated heterocycles. The highest BCUT2D eigenvalue weighted by Gasteiger charge is 2.26. The molecule has 0 unspecified atom stereocenters. The number of anilines is 2. The van der Waals surface area contributed by atoms with Crippen LogP contribution in [0.1, 0.15) is 41.1 Å². The van der Waals surface area contributed by atoms with Crippen LogP contribution in [0.15, 0.2) is 30.3 Å². The molecule has 1 aliphatic heterocycles. The van der Waals surface area contributed by atoms with Gasteiger partial charge in [0.05, 0.1) is 0 Å². The number of aryl methyl sites for hydroxylation is 2. The fourth-order valence-electron chi connectivity index (χ4n) is 3.07. The molecule has 0 spiro atoms. The molecule has 23 heavy (non-hydrogen) atoms. The molecule has 2 heterocycles. The number of aromatic nitrogens is 2. The first-order valence-corrected chi connectivity index (χ1v) is 8.23. The molecule has 1 aliphatic carbocycles. The van der Waals surface area contributed by atoms with Gasteiger partial charge in [0, 0.05) is 24.3 Å². The van der Waals surface area contributed by atoms with Gasteiger partial charge >= 0.3 is 0 Å². The fourth-order valence-corrected chi connectivity index (χ4v) is 3.07. The number of hydrogen-bond acceptors (Lipinski definition) is 4. The van der Waals surface area contributed by atoms with Crippen molar-refractivity contribution in [2.45, 2.75) is 38.6 Å². The molecule has 0 bridgehead atoms. The van der Waals surface area contributed by atoms with Crippen LogP contribution >= 0.6 is 0 Å². The Labute approximate surface area is 135 Å². The third-order valence-electron chi connectivity index (χ3n) is 4.36. The van der Waals surface area contributed by atoms with Gasteiger partial charge in [-0.3, -0.25) is 4.79 Å². The first-order chi connectivity index (χ1) is 11.2. The van der Waals surface area contributed by atoms with E-state index in [-0.39, 0.29) is 5.91 Å². The number of nitrogens with zero attached hydrogens (tertiary/aromatic N) is 3. The molecular weight excluding hydrogens is 288 g/mol. The molecule has 1 aromatic heterocycles. The van der Waals surface area contributed by atoms with Gasteiger partial charge in [0.15, 0.2) is 0 Å². The number of para-hydroxylation sites is 1. The Morgan fingerprint density at radius 3 is 2.91 bits per heavy atom. The molecule has 5 heteroatoms. The summed E-state index contributed by atoms with van der Waals surface area (Å²) in [5.74, 6) is 1.35. The van der Waals surface area contributed by atoms with E-state index in [4.69, 9.17) is 0 Å². The summed E-state index contributed by atoms with van der Waals surface area (Å²) in [6.07, 6.45) is 4.32. The zero-order valence-corrected chi connectivity index (χ0v) is 13.2. The highest BCUT2D eigenvalue weighted by Crippen LogP contribution is 2.32. The third-order valence-corrected chi connectivity index (χ3v) is 4.36. The van der Waals surface area contributed by atoms with Gasteiger partial charge in [-0.1, -0.05) is 18.2 Å². The van der Waals surface area contributed by atoms with Crippen LogP contribution < -0.4 is 10.2 Å². The predicted octanol–water partition coefficient (Wildman–Crippen LogP) is 2.76. The summed E-state index contributed by atoms with van der Waals surface area (Å²) in [5, 5.41) is 3.00. The molecule has 1 N–H and O–H groups in total. The van der Waals surface area contributed by atoms with Crippen molar-refractivity contribution in [1.29, 1.82) is 0 Å². The predicted molar refractivity (Wildman–Crippen MR) is 89.0 cm³/mol.